The van der Waals surface area contributed by atoms with Gasteiger partial charge in [0.15, 0.2) is 6.61 Å². The first kappa shape index (κ1) is 21.3. The lowest BCUT2D eigenvalue weighted by atomic mass is 10.2. The number of rotatable bonds is 8. The highest BCUT2D eigenvalue weighted by Crippen LogP contribution is 2.17. The summed E-state index contributed by atoms with van der Waals surface area (Å²) in [6, 6.07) is 11.8. The molecule has 2 rings (SSSR count). The van der Waals surface area contributed by atoms with Crippen molar-refractivity contribution in [2.24, 2.45) is 0 Å². The van der Waals surface area contributed by atoms with Crippen LogP contribution in [0, 0.1) is 0 Å². The van der Waals surface area contributed by atoms with Crippen molar-refractivity contribution in [3.05, 3.63) is 58.6 Å². The van der Waals surface area contributed by atoms with Gasteiger partial charge in [-0.2, -0.15) is 8.78 Å². The van der Waals surface area contributed by atoms with Crippen molar-refractivity contribution in [1.82, 2.24) is 5.32 Å². The van der Waals surface area contributed by atoms with Crippen molar-refractivity contribution >= 4 is 39.4 Å². The lowest BCUT2D eigenvalue weighted by molar-refractivity contribution is -0.146. The molecule has 2 aromatic rings. The molecule has 0 heterocycles. The second kappa shape index (κ2) is 10.4. The molecule has 0 spiro atoms. The van der Waals surface area contributed by atoms with Crippen LogP contribution < -0.4 is 15.4 Å². The van der Waals surface area contributed by atoms with Gasteiger partial charge in [-0.3, -0.25) is 14.4 Å². The second-order valence-electron chi connectivity index (χ2n) is 5.30. The molecule has 0 aliphatic heterocycles. The van der Waals surface area contributed by atoms with Crippen LogP contribution in [0.5, 0.6) is 5.75 Å². The lowest BCUT2D eigenvalue weighted by Crippen LogP contribution is -2.32. The molecule has 2 N–H and O–H groups in total. The van der Waals surface area contributed by atoms with Gasteiger partial charge in [-0.05, 0) is 48.5 Å². The highest BCUT2D eigenvalue weighted by Gasteiger charge is 2.11. The van der Waals surface area contributed by atoms with E-state index in [1.807, 2.05) is 0 Å². The summed E-state index contributed by atoms with van der Waals surface area (Å²) in [7, 11) is 0. The molecule has 2 aromatic carbocycles. The molecule has 0 radical (unpaired) electrons. The van der Waals surface area contributed by atoms with Crippen molar-refractivity contribution in [2.75, 3.05) is 18.5 Å². The number of alkyl halides is 2. The fourth-order valence-electron chi connectivity index (χ4n) is 1.97. The molecule has 148 valence electrons. The Morgan fingerprint density at radius 2 is 1.64 bits per heavy atom. The standard InChI is InChI=1S/C18H15BrF2N2O5/c19-12-3-1-11(2-4-12)17(26)22-9-16(25)27-10-15(24)23-13-5-7-14(8-6-13)28-18(20)21/h1-8,18H,9-10H2,(H,22,26)(H,23,24). The van der Waals surface area contributed by atoms with E-state index in [0.717, 1.165) is 4.47 Å². The normalized spacial score (nSPS) is 10.3. The highest BCUT2D eigenvalue weighted by atomic mass is 79.9. The number of hydrogen-bond acceptors (Lipinski definition) is 5. The molecule has 7 nitrogen and oxygen atoms in total. The summed E-state index contributed by atoms with van der Waals surface area (Å²) in [4.78, 5) is 35.2. The largest absolute Gasteiger partial charge is 0.454 e. The molecule has 0 fully saturated rings. The topological polar surface area (TPSA) is 93.7 Å². The number of halogens is 3. The van der Waals surface area contributed by atoms with Crippen molar-refractivity contribution in [2.45, 2.75) is 6.61 Å². The van der Waals surface area contributed by atoms with Gasteiger partial charge < -0.3 is 20.1 Å². The van der Waals surface area contributed by atoms with Gasteiger partial charge in [0.2, 0.25) is 0 Å². The molecule has 0 aliphatic rings. The number of anilines is 1. The Hall–Kier alpha value is -3.01. The molecule has 0 atom stereocenters. The minimum Gasteiger partial charge on any atom is -0.454 e. The zero-order valence-electron chi connectivity index (χ0n) is 14.3. The van der Waals surface area contributed by atoms with Gasteiger partial charge in [0.1, 0.15) is 12.3 Å². The van der Waals surface area contributed by atoms with Crippen LogP contribution in [0.15, 0.2) is 53.0 Å². The van der Waals surface area contributed by atoms with Gasteiger partial charge in [-0.15, -0.1) is 0 Å². The fourth-order valence-corrected chi connectivity index (χ4v) is 2.23. The summed E-state index contributed by atoms with van der Waals surface area (Å²) < 4.78 is 33.9. The van der Waals surface area contributed by atoms with Crippen LogP contribution >= 0.6 is 15.9 Å². The van der Waals surface area contributed by atoms with Crippen LogP contribution in [-0.4, -0.2) is 37.5 Å². The Morgan fingerprint density at radius 1 is 1.00 bits per heavy atom. The predicted octanol–water partition coefficient (Wildman–Crippen LogP) is 2.96. The van der Waals surface area contributed by atoms with Crippen molar-refractivity contribution in [3.8, 4) is 5.75 Å². The van der Waals surface area contributed by atoms with E-state index < -0.39 is 37.5 Å². The minimum absolute atomic E-state index is 0.0547. The number of hydrogen-bond donors (Lipinski definition) is 2. The third-order valence-electron chi connectivity index (χ3n) is 3.23. The SMILES string of the molecule is O=C(COC(=O)CNC(=O)c1ccc(Br)cc1)Nc1ccc(OC(F)F)cc1. The number of carbonyl (C=O) groups excluding carboxylic acids is 3. The molecule has 10 heteroatoms. The molecular weight excluding hydrogens is 442 g/mol. The van der Waals surface area contributed by atoms with E-state index in [4.69, 9.17) is 4.74 Å². The highest BCUT2D eigenvalue weighted by molar-refractivity contribution is 9.10. The maximum Gasteiger partial charge on any atom is 0.387 e. The molecule has 28 heavy (non-hydrogen) atoms. The van der Waals surface area contributed by atoms with Crippen LogP contribution in [0.2, 0.25) is 0 Å². The number of amides is 2. The third kappa shape index (κ3) is 7.31. The van der Waals surface area contributed by atoms with Gasteiger partial charge in [0, 0.05) is 15.7 Å². The summed E-state index contributed by atoms with van der Waals surface area (Å²) in [5, 5.41) is 4.80. The van der Waals surface area contributed by atoms with E-state index >= 15 is 0 Å². The second-order valence-corrected chi connectivity index (χ2v) is 6.22. The van der Waals surface area contributed by atoms with Gasteiger partial charge in [-0.1, -0.05) is 15.9 Å². The van der Waals surface area contributed by atoms with Crippen molar-refractivity contribution in [3.63, 3.8) is 0 Å². The number of benzene rings is 2. The first-order valence-corrected chi connectivity index (χ1v) is 8.67. The van der Waals surface area contributed by atoms with E-state index in [1.54, 1.807) is 24.3 Å². The smallest absolute Gasteiger partial charge is 0.387 e. The molecule has 0 aliphatic carbocycles. The number of esters is 1. The summed E-state index contributed by atoms with van der Waals surface area (Å²) >= 11 is 3.25. The maximum absolute atomic E-state index is 12.1. The molecular formula is C18H15BrF2N2O5. The van der Waals surface area contributed by atoms with Crippen LogP contribution in [-0.2, 0) is 14.3 Å². The van der Waals surface area contributed by atoms with Crippen molar-refractivity contribution in [1.29, 1.82) is 0 Å². The van der Waals surface area contributed by atoms with Gasteiger partial charge >= 0.3 is 12.6 Å². The van der Waals surface area contributed by atoms with Gasteiger partial charge in [-0.25, -0.2) is 0 Å². The lowest BCUT2D eigenvalue weighted by Gasteiger charge is -2.09. The van der Waals surface area contributed by atoms with Crippen molar-refractivity contribution < 1.29 is 32.6 Å². The third-order valence-corrected chi connectivity index (χ3v) is 3.76. The number of nitrogens with one attached hydrogen (secondary N) is 2. The molecule has 0 saturated heterocycles. The van der Waals surface area contributed by atoms with Gasteiger partial charge in [0.05, 0.1) is 0 Å². The summed E-state index contributed by atoms with van der Waals surface area (Å²) in [5.41, 5.74) is 0.680. The quantitative estimate of drug-likeness (QED) is 0.595. The van der Waals surface area contributed by atoms with E-state index in [9.17, 15) is 23.2 Å². The molecule has 0 unspecified atom stereocenters. The Balaban J connectivity index is 1.71. The number of ether oxygens (including phenoxy) is 2. The van der Waals surface area contributed by atoms with Gasteiger partial charge in [0.25, 0.3) is 11.8 Å². The fraction of sp³-hybridized carbons (Fsp3) is 0.167. The van der Waals surface area contributed by atoms with E-state index in [-0.39, 0.29) is 5.75 Å². The summed E-state index contributed by atoms with van der Waals surface area (Å²) in [6.45, 7) is -3.91. The first-order chi connectivity index (χ1) is 13.3. The number of carbonyl (C=O) groups is 3. The molecule has 2 amide bonds. The Bertz CT molecular complexity index is 829. The average Bonchev–Trinajstić information content (AvgIpc) is 2.66. The molecule has 0 aromatic heterocycles. The van der Waals surface area contributed by atoms with Crippen LogP contribution in [0.25, 0.3) is 0 Å². The predicted molar refractivity (Wildman–Crippen MR) is 99.1 cm³/mol. The molecule has 0 bridgehead atoms. The zero-order chi connectivity index (χ0) is 20.5. The maximum atomic E-state index is 12.1. The van der Waals surface area contributed by atoms with Crippen LogP contribution in [0.3, 0.4) is 0 Å². The average molecular weight is 457 g/mol. The van der Waals surface area contributed by atoms with E-state index in [2.05, 4.69) is 31.3 Å². The summed E-state index contributed by atoms with van der Waals surface area (Å²) in [5.74, 6) is -1.93. The Labute approximate surface area is 167 Å². The summed E-state index contributed by atoms with van der Waals surface area (Å²) in [6.07, 6.45) is 0. The van der Waals surface area contributed by atoms with E-state index in [0.29, 0.717) is 11.3 Å². The van der Waals surface area contributed by atoms with Crippen LogP contribution in [0.4, 0.5) is 14.5 Å². The molecule has 0 saturated carbocycles. The monoisotopic (exact) mass is 456 g/mol. The van der Waals surface area contributed by atoms with E-state index in [1.165, 1.54) is 24.3 Å². The zero-order valence-corrected chi connectivity index (χ0v) is 15.9. The minimum atomic E-state index is -2.94. The Kier molecular flexibility index (Phi) is 7.88. The Morgan fingerprint density at radius 3 is 2.25 bits per heavy atom. The first-order valence-electron chi connectivity index (χ1n) is 7.87. The van der Waals surface area contributed by atoms with Crippen LogP contribution in [0.1, 0.15) is 10.4 Å².